The second kappa shape index (κ2) is 7.33. The van der Waals surface area contributed by atoms with E-state index in [9.17, 15) is 0 Å². The summed E-state index contributed by atoms with van der Waals surface area (Å²) in [4.78, 5) is 0. The maximum absolute atomic E-state index is 5.64. The minimum atomic E-state index is 0.741. The summed E-state index contributed by atoms with van der Waals surface area (Å²) in [7, 11) is 3.29. The lowest BCUT2D eigenvalue weighted by Crippen LogP contribution is -1.95. The molecule has 0 amide bonds. The number of ether oxygens (including phenoxy) is 2. The van der Waals surface area contributed by atoms with Crippen LogP contribution in [0.2, 0.25) is 0 Å². The van der Waals surface area contributed by atoms with E-state index in [1.807, 2.05) is 66.7 Å². The minimum absolute atomic E-state index is 0.741. The van der Waals surface area contributed by atoms with Crippen molar-refractivity contribution in [3.8, 4) is 45.3 Å². The van der Waals surface area contributed by atoms with Crippen LogP contribution in [0.3, 0.4) is 0 Å². The van der Waals surface area contributed by atoms with Crippen LogP contribution in [0.15, 0.2) is 77.4 Å². The highest BCUT2D eigenvalue weighted by atomic mass is 16.5. The molecule has 0 aliphatic carbocycles. The van der Waals surface area contributed by atoms with E-state index in [1.165, 1.54) is 0 Å². The van der Waals surface area contributed by atoms with E-state index in [1.54, 1.807) is 20.5 Å². The molecule has 0 spiro atoms. The molecule has 5 nitrogen and oxygen atoms in total. The second-order valence-electron chi connectivity index (χ2n) is 5.93. The first kappa shape index (κ1) is 16.8. The summed E-state index contributed by atoms with van der Waals surface area (Å²) in [6, 6.07) is 21.2. The van der Waals surface area contributed by atoms with Gasteiger partial charge in [0.05, 0.1) is 26.2 Å². The van der Waals surface area contributed by atoms with Gasteiger partial charge in [0, 0.05) is 16.7 Å². The molecule has 4 rings (SSSR count). The Morgan fingerprint density at radius 1 is 0.741 bits per heavy atom. The van der Waals surface area contributed by atoms with Crippen molar-refractivity contribution in [2.45, 2.75) is 0 Å². The van der Waals surface area contributed by atoms with Gasteiger partial charge >= 0.3 is 0 Å². The molecule has 27 heavy (non-hydrogen) atoms. The largest absolute Gasteiger partial charge is 0.497 e. The van der Waals surface area contributed by atoms with Crippen LogP contribution in [0.25, 0.3) is 33.8 Å². The lowest BCUT2D eigenvalue weighted by atomic mass is 10.0. The normalized spacial score (nSPS) is 10.6. The molecule has 0 bridgehead atoms. The molecular weight excluding hydrogens is 340 g/mol. The highest BCUT2D eigenvalue weighted by Crippen LogP contribution is 2.34. The minimum Gasteiger partial charge on any atom is -0.497 e. The lowest BCUT2D eigenvalue weighted by molar-refractivity contribution is 0.414. The second-order valence-corrected chi connectivity index (χ2v) is 5.93. The Labute approximate surface area is 157 Å². The van der Waals surface area contributed by atoms with Gasteiger partial charge in [-0.15, -0.1) is 10.2 Å². The van der Waals surface area contributed by atoms with Gasteiger partial charge in [-0.3, -0.25) is 0 Å². The molecule has 0 unspecified atom stereocenters. The summed E-state index contributed by atoms with van der Waals surface area (Å²) in [6.07, 6.45) is 1.65. The Hall–Kier alpha value is -3.60. The molecule has 0 aliphatic heterocycles. The first-order valence-corrected chi connectivity index (χ1v) is 8.49. The number of hydrogen-bond acceptors (Lipinski definition) is 5. The molecule has 134 valence electrons. The van der Waals surface area contributed by atoms with Crippen molar-refractivity contribution in [3.05, 3.63) is 73.0 Å². The predicted octanol–water partition coefficient (Wildman–Crippen LogP) is 5.09. The summed E-state index contributed by atoms with van der Waals surface area (Å²) < 4.78 is 16.1. The quantitative estimate of drug-likeness (QED) is 0.497. The van der Waals surface area contributed by atoms with Gasteiger partial charge in [0.15, 0.2) is 0 Å². The SMILES string of the molecule is COc1ccc(-c2cc(-c3ccco3)c(-c3ccc(OC)cc3)nn2)cc1. The molecule has 0 N–H and O–H groups in total. The van der Waals surface area contributed by atoms with Gasteiger partial charge in [-0.2, -0.15) is 0 Å². The van der Waals surface area contributed by atoms with E-state index in [0.29, 0.717) is 0 Å². The molecule has 2 aromatic heterocycles. The zero-order chi connectivity index (χ0) is 18.6. The van der Waals surface area contributed by atoms with Crippen LogP contribution in [0, 0.1) is 0 Å². The molecule has 0 atom stereocenters. The Morgan fingerprint density at radius 3 is 1.93 bits per heavy atom. The zero-order valence-corrected chi connectivity index (χ0v) is 15.0. The molecule has 4 aromatic rings. The molecular formula is C22H18N2O3. The molecule has 0 aliphatic rings. The van der Waals surface area contributed by atoms with Crippen molar-refractivity contribution in [3.63, 3.8) is 0 Å². The molecule has 2 heterocycles. The fourth-order valence-electron chi connectivity index (χ4n) is 2.88. The fraction of sp³-hybridized carbons (Fsp3) is 0.0909. The third-order valence-corrected chi connectivity index (χ3v) is 4.33. The van der Waals surface area contributed by atoms with E-state index in [0.717, 1.165) is 45.3 Å². The Balaban J connectivity index is 1.81. The average Bonchev–Trinajstić information content (AvgIpc) is 3.28. The fourth-order valence-corrected chi connectivity index (χ4v) is 2.88. The summed E-state index contributed by atoms with van der Waals surface area (Å²) in [5, 5.41) is 8.93. The van der Waals surface area contributed by atoms with Crippen molar-refractivity contribution < 1.29 is 13.9 Å². The van der Waals surface area contributed by atoms with Crippen LogP contribution >= 0.6 is 0 Å². The van der Waals surface area contributed by atoms with Crippen molar-refractivity contribution in [1.82, 2.24) is 10.2 Å². The van der Waals surface area contributed by atoms with Crippen molar-refractivity contribution >= 4 is 0 Å². The third kappa shape index (κ3) is 3.40. The van der Waals surface area contributed by atoms with Crippen LogP contribution in [0.5, 0.6) is 11.5 Å². The number of benzene rings is 2. The lowest BCUT2D eigenvalue weighted by Gasteiger charge is -2.10. The topological polar surface area (TPSA) is 57.4 Å². The number of methoxy groups -OCH3 is 2. The molecule has 5 heteroatoms. The van der Waals surface area contributed by atoms with Crippen LogP contribution < -0.4 is 9.47 Å². The summed E-state index contributed by atoms with van der Waals surface area (Å²) in [5.74, 6) is 2.33. The summed E-state index contributed by atoms with van der Waals surface area (Å²) in [5.41, 5.74) is 4.30. The van der Waals surface area contributed by atoms with Crippen molar-refractivity contribution in [1.29, 1.82) is 0 Å². The summed E-state index contributed by atoms with van der Waals surface area (Å²) >= 11 is 0. The predicted molar refractivity (Wildman–Crippen MR) is 104 cm³/mol. The van der Waals surface area contributed by atoms with Crippen molar-refractivity contribution in [2.75, 3.05) is 14.2 Å². The zero-order valence-electron chi connectivity index (χ0n) is 15.0. The molecule has 0 saturated carbocycles. The smallest absolute Gasteiger partial charge is 0.136 e. The Kier molecular flexibility index (Phi) is 4.58. The van der Waals surface area contributed by atoms with Gasteiger partial charge < -0.3 is 13.9 Å². The maximum atomic E-state index is 5.64. The van der Waals surface area contributed by atoms with E-state index in [-0.39, 0.29) is 0 Å². The van der Waals surface area contributed by atoms with Gasteiger partial charge in [0.2, 0.25) is 0 Å². The van der Waals surface area contributed by atoms with Gasteiger partial charge in [-0.25, -0.2) is 0 Å². The highest BCUT2D eigenvalue weighted by Gasteiger charge is 2.15. The average molecular weight is 358 g/mol. The third-order valence-electron chi connectivity index (χ3n) is 4.33. The Bertz CT molecular complexity index is 1020. The van der Waals surface area contributed by atoms with Gasteiger partial charge in [-0.05, 0) is 66.7 Å². The van der Waals surface area contributed by atoms with Crippen LogP contribution in [-0.4, -0.2) is 24.4 Å². The Morgan fingerprint density at radius 2 is 1.37 bits per heavy atom. The molecule has 2 aromatic carbocycles. The first-order chi connectivity index (χ1) is 13.3. The van der Waals surface area contributed by atoms with E-state index < -0.39 is 0 Å². The molecule has 0 radical (unpaired) electrons. The van der Waals surface area contributed by atoms with Crippen LogP contribution in [0.4, 0.5) is 0 Å². The summed E-state index contributed by atoms with van der Waals surface area (Å²) in [6.45, 7) is 0. The number of hydrogen-bond donors (Lipinski definition) is 0. The maximum Gasteiger partial charge on any atom is 0.136 e. The van der Waals surface area contributed by atoms with E-state index >= 15 is 0 Å². The number of rotatable bonds is 5. The number of aromatic nitrogens is 2. The van der Waals surface area contributed by atoms with E-state index in [2.05, 4.69) is 10.2 Å². The monoisotopic (exact) mass is 358 g/mol. The van der Waals surface area contributed by atoms with Crippen LogP contribution in [-0.2, 0) is 0 Å². The van der Waals surface area contributed by atoms with E-state index in [4.69, 9.17) is 13.9 Å². The molecule has 0 saturated heterocycles. The standard InChI is InChI=1S/C22H18N2O3/c1-25-17-9-5-15(6-10-17)20-14-19(21-4-3-13-27-21)22(24-23-20)16-7-11-18(26-2)12-8-16/h3-14H,1-2H3. The van der Waals surface area contributed by atoms with Crippen LogP contribution in [0.1, 0.15) is 0 Å². The van der Waals surface area contributed by atoms with Gasteiger partial charge in [0.25, 0.3) is 0 Å². The number of nitrogens with zero attached hydrogens (tertiary/aromatic N) is 2. The van der Waals surface area contributed by atoms with Gasteiger partial charge in [0.1, 0.15) is 23.0 Å². The first-order valence-electron chi connectivity index (χ1n) is 8.49. The van der Waals surface area contributed by atoms with Crippen molar-refractivity contribution in [2.24, 2.45) is 0 Å². The number of furan rings is 1. The molecule has 0 fully saturated rings. The van der Waals surface area contributed by atoms with Gasteiger partial charge in [-0.1, -0.05) is 0 Å². The highest BCUT2D eigenvalue weighted by molar-refractivity contribution is 5.81.